The zero-order chi connectivity index (χ0) is 14.7. The number of nitrogens with zero attached hydrogens (tertiary/aromatic N) is 1. The molecule has 6 heteroatoms. The predicted molar refractivity (Wildman–Crippen MR) is 72.9 cm³/mol. The highest BCUT2D eigenvalue weighted by atomic mass is 16.6. The monoisotopic (exact) mass is 281 g/mol. The second kappa shape index (κ2) is 6.19. The van der Waals surface area contributed by atoms with Crippen LogP contribution in [-0.4, -0.2) is 34.9 Å². The molecule has 1 saturated carbocycles. The van der Waals surface area contributed by atoms with E-state index in [0.717, 1.165) is 6.42 Å². The maximum atomic E-state index is 11.0. The minimum Gasteiger partial charge on any atom is -0.480 e. The molecule has 3 atom stereocenters. The number of aliphatic hydroxyl groups excluding tert-OH is 1. The number of hydrogen-bond donors (Lipinski definition) is 1. The molecule has 2 rings (SSSR count). The van der Waals surface area contributed by atoms with Crippen LogP contribution in [0.15, 0.2) is 18.2 Å². The average Bonchev–Trinajstić information content (AvgIpc) is 2.40. The summed E-state index contributed by atoms with van der Waals surface area (Å²) < 4.78 is 11.2. The Morgan fingerprint density at radius 2 is 2.25 bits per heavy atom. The summed E-state index contributed by atoms with van der Waals surface area (Å²) in [7, 11) is 0. The molecule has 0 heterocycles. The van der Waals surface area contributed by atoms with Crippen molar-refractivity contribution in [3.63, 3.8) is 0 Å². The summed E-state index contributed by atoms with van der Waals surface area (Å²) in [5.41, 5.74) is 0.649. The summed E-state index contributed by atoms with van der Waals surface area (Å²) in [6.07, 6.45) is -0.0273. The third-order valence-electron chi connectivity index (χ3n) is 3.39. The van der Waals surface area contributed by atoms with Crippen molar-refractivity contribution in [1.29, 1.82) is 0 Å². The molecule has 6 nitrogen and oxygen atoms in total. The zero-order valence-corrected chi connectivity index (χ0v) is 11.6. The van der Waals surface area contributed by atoms with E-state index in [4.69, 9.17) is 9.47 Å². The van der Waals surface area contributed by atoms with Crippen molar-refractivity contribution in [2.24, 2.45) is 0 Å². The van der Waals surface area contributed by atoms with Gasteiger partial charge in [0.05, 0.1) is 11.0 Å². The van der Waals surface area contributed by atoms with E-state index in [1.54, 1.807) is 19.1 Å². The number of aryl methyl sites for hydroxylation is 1. The van der Waals surface area contributed by atoms with Crippen LogP contribution in [-0.2, 0) is 4.74 Å². The number of rotatable bonds is 6. The molecule has 1 aliphatic rings. The topological polar surface area (TPSA) is 81.8 Å². The number of ether oxygens (including phenoxy) is 2. The van der Waals surface area contributed by atoms with Crippen LogP contribution >= 0.6 is 0 Å². The predicted octanol–water partition coefficient (Wildman–Crippen LogP) is 2.21. The lowest BCUT2D eigenvalue weighted by molar-refractivity contribution is -0.386. The Labute approximate surface area is 117 Å². The van der Waals surface area contributed by atoms with E-state index in [1.807, 2.05) is 6.92 Å². The van der Waals surface area contributed by atoms with Gasteiger partial charge in [-0.25, -0.2) is 0 Å². The fraction of sp³-hybridized carbons (Fsp3) is 0.571. The van der Waals surface area contributed by atoms with Gasteiger partial charge in [-0.05, 0) is 18.9 Å². The molecule has 0 saturated heterocycles. The van der Waals surface area contributed by atoms with E-state index in [0.29, 0.717) is 18.6 Å². The molecule has 0 radical (unpaired) electrons. The minimum atomic E-state index is -0.561. The molecule has 1 N–H and O–H groups in total. The number of hydrogen-bond acceptors (Lipinski definition) is 5. The number of para-hydroxylation sites is 1. The molecule has 1 fully saturated rings. The van der Waals surface area contributed by atoms with Gasteiger partial charge in [0.2, 0.25) is 0 Å². The van der Waals surface area contributed by atoms with Gasteiger partial charge >= 0.3 is 5.69 Å². The third kappa shape index (κ3) is 2.91. The Morgan fingerprint density at radius 3 is 2.85 bits per heavy atom. The fourth-order valence-corrected chi connectivity index (χ4v) is 2.23. The van der Waals surface area contributed by atoms with Crippen LogP contribution in [0.5, 0.6) is 5.75 Å². The maximum Gasteiger partial charge on any atom is 0.311 e. The molecule has 0 bridgehead atoms. The molecule has 20 heavy (non-hydrogen) atoms. The normalized spacial score (nSPS) is 25.1. The van der Waals surface area contributed by atoms with E-state index in [-0.39, 0.29) is 17.5 Å². The second-order valence-electron chi connectivity index (χ2n) is 4.98. The van der Waals surface area contributed by atoms with E-state index in [9.17, 15) is 15.2 Å². The van der Waals surface area contributed by atoms with Crippen molar-refractivity contribution >= 4 is 5.69 Å². The van der Waals surface area contributed by atoms with Crippen LogP contribution in [0.3, 0.4) is 0 Å². The van der Waals surface area contributed by atoms with Gasteiger partial charge in [0, 0.05) is 19.1 Å². The van der Waals surface area contributed by atoms with Crippen LogP contribution in [0.1, 0.15) is 25.3 Å². The lowest BCUT2D eigenvalue weighted by Crippen LogP contribution is -2.55. The lowest BCUT2D eigenvalue weighted by atomic mass is 9.88. The molecule has 3 unspecified atom stereocenters. The van der Waals surface area contributed by atoms with E-state index in [2.05, 4.69) is 0 Å². The van der Waals surface area contributed by atoms with Crippen molar-refractivity contribution in [1.82, 2.24) is 0 Å². The summed E-state index contributed by atoms with van der Waals surface area (Å²) >= 11 is 0. The SMILES string of the molecule is CCCOC1C(O)CC1Oc1c(C)cccc1[N+](=O)[O-]. The van der Waals surface area contributed by atoms with E-state index < -0.39 is 17.1 Å². The van der Waals surface area contributed by atoms with Crippen molar-refractivity contribution in [3.8, 4) is 5.75 Å². The number of benzene rings is 1. The first-order valence-electron chi connectivity index (χ1n) is 6.75. The quantitative estimate of drug-likeness (QED) is 0.638. The number of nitro groups is 1. The van der Waals surface area contributed by atoms with Gasteiger partial charge in [0.1, 0.15) is 12.2 Å². The molecule has 110 valence electrons. The van der Waals surface area contributed by atoms with E-state index in [1.165, 1.54) is 6.07 Å². The van der Waals surface area contributed by atoms with Gasteiger partial charge < -0.3 is 14.6 Å². The molecular formula is C14H19NO5. The van der Waals surface area contributed by atoms with Gasteiger partial charge in [-0.1, -0.05) is 19.1 Å². The molecule has 1 aliphatic carbocycles. The first-order chi connectivity index (χ1) is 9.54. The first kappa shape index (κ1) is 14.7. The fourth-order valence-electron chi connectivity index (χ4n) is 2.23. The van der Waals surface area contributed by atoms with Crippen LogP contribution < -0.4 is 4.74 Å². The summed E-state index contributed by atoms with van der Waals surface area (Å²) in [6.45, 7) is 4.28. The Kier molecular flexibility index (Phi) is 4.57. The largest absolute Gasteiger partial charge is 0.480 e. The number of nitro benzene ring substituents is 1. The van der Waals surface area contributed by atoms with Crippen molar-refractivity contribution < 1.29 is 19.5 Å². The highest BCUT2D eigenvalue weighted by Crippen LogP contribution is 2.36. The van der Waals surface area contributed by atoms with Crippen LogP contribution in [0.4, 0.5) is 5.69 Å². The molecule has 1 aromatic carbocycles. The van der Waals surface area contributed by atoms with Crippen molar-refractivity contribution in [3.05, 3.63) is 33.9 Å². The first-order valence-corrected chi connectivity index (χ1v) is 6.75. The lowest BCUT2D eigenvalue weighted by Gasteiger charge is -2.40. The van der Waals surface area contributed by atoms with Gasteiger partial charge in [0.15, 0.2) is 5.75 Å². The highest BCUT2D eigenvalue weighted by Gasteiger charge is 2.43. The number of aliphatic hydroxyl groups is 1. The van der Waals surface area contributed by atoms with Crippen LogP contribution in [0, 0.1) is 17.0 Å². The Hall–Kier alpha value is -1.66. The van der Waals surface area contributed by atoms with E-state index >= 15 is 0 Å². The van der Waals surface area contributed by atoms with Gasteiger partial charge in [-0.15, -0.1) is 0 Å². The van der Waals surface area contributed by atoms with Crippen LogP contribution in [0.25, 0.3) is 0 Å². The molecule has 0 spiro atoms. The maximum absolute atomic E-state index is 11.0. The Balaban J connectivity index is 2.12. The van der Waals surface area contributed by atoms with Gasteiger partial charge in [-0.3, -0.25) is 10.1 Å². The Bertz CT molecular complexity index is 490. The summed E-state index contributed by atoms with van der Waals surface area (Å²) in [5.74, 6) is 0.263. The third-order valence-corrected chi connectivity index (χ3v) is 3.39. The second-order valence-corrected chi connectivity index (χ2v) is 4.98. The summed E-state index contributed by atoms with van der Waals surface area (Å²) in [4.78, 5) is 10.6. The Morgan fingerprint density at radius 1 is 1.50 bits per heavy atom. The molecule has 0 aliphatic heterocycles. The smallest absolute Gasteiger partial charge is 0.311 e. The van der Waals surface area contributed by atoms with Crippen molar-refractivity contribution in [2.75, 3.05) is 6.61 Å². The molecule has 0 amide bonds. The van der Waals surface area contributed by atoms with Crippen LogP contribution in [0.2, 0.25) is 0 Å². The summed E-state index contributed by atoms with van der Waals surface area (Å²) in [6, 6.07) is 4.81. The van der Waals surface area contributed by atoms with Gasteiger partial charge in [-0.2, -0.15) is 0 Å². The molecular weight excluding hydrogens is 262 g/mol. The molecule has 0 aromatic heterocycles. The van der Waals surface area contributed by atoms with Gasteiger partial charge in [0.25, 0.3) is 0 Å². The zero-order valence-electron chi connectivity index (χ0n) is 11.6. The molecule has 1 aromatic rings. The summed E-state index contributed by atoms with van der Waals surface area (Å²) in [5, 5.41) is 20.7. The van der Waals surface area contributed by atoms with Crippen molar-refractivity contribution in [2.45, 2.75) is 45.0 Å². The standard InChI is InChI=1S/C14H19NO5/c1-3-7-19-14-11(16)8-12(14)20-13-9(2)5-4-6-10(13)15(17)18/h4-6,11-12,14,16H,3,7-8H2,1-2H3. The average molecular weight is 281 g/mol. The highest BCUT2D eigenvalue weighted by molar-refractivity contribution is 5.51. The minimum absolute atomic E-state index is 0.0550.